The molecule has 32 heavy (non-hydrogen) atoms. The summed E-state index contributed by atoms with van der Waals surface area (Å²) in [5, 5.41) is 10.6. The predicted octanol–water partition coefficient (Wildman–Crippen LogP) is 5.08. The Bertz CT molecular complexity index is 1270. The van der Waals surface area contributed by atoms with Crippen LogP contribution in [0, 0.1) is 6.92 Å². The molecule has 0 radical (unpaired) electrons. The smallest absolute Gasteiger partial charge is 0.186 e. The van der Waals surface area contributed by atoms with Crippen LogP contribution in [0.5, 0.6) is 0 Å². The molecule has 0 aliphatic carbocycles. The first-order valence-corrected chi connectivity index (χ1v) is 12.0. The molecule has 1 N–H and O–H groups in total. The Morgan fingerprint density at radius 3 is 2.72 bits per heavy atom. The number of anilines is 1. The molecule has 8 heteroatoms. The van der Waals surface area contributed by atoms with Crippen molar-refractivity contribution in [1.29, 1.82) is 0 Å². The van der Waals surface area contributed by atoms with Crippen molar-refractivity contribution >= 4 is 50.0 Å². The number of hydrogen-bond donors (Lipinski definition) is 1. The Kier molecular flexibility index (Phi) is 5.60. The summed E-state index contributed by atoms with van der Waals surface area (Å²) >= 11 is 1.79. The number of nitrogens with zero attached hydrogens (tertiary/aromatic N) is 5. The first-order valence-electron chi connectivity index (χ1n) is 11.2. The molecule has 168 valence electrons. The molecule has 6 nitrogen and oxygen atoms in total. The fourth-order valence-corrected chi connectivity index (χ4v) is 6.42. The molecule has 6 rings (SSSR count). The summed E-state index contributed by atoms with van der Waals surface area (Å²) in [7, 11) is 4.19. The normalized spacial score (nSPS) is 22.8. The third-order valence-corrected chi connectivity index (χ3v) is 8.12. The SMILES string of the molecule is Cc1cc(-c2cc3sc(N(C)C4CC5CCCC(C4)N5)nc3cn2)cc2cn(C)nc12.Cl. The number of pyridine rings is 1. The molecule has 4 aromatic rings. The number of thiazole rings is 1. The van der Waals surface area contributed by atoms with E-state index in [4.69, 9.17) is 9.97 Å². The van der Waals surface area contributed by atoms with Gasteiger partial charge in [-0.2, -0.15) is 5.10 Å². The lowest BCUT2D eigenvalue weighted by Gasteiger charge is -2.43. The van der Waals surface area contributed by atoms with Gasteiger partial charge in [-0.25, -0.2) is 4.98 Å². The highest BCUT2D eigenvalue weighted by Gasteiger charge is 2.33. The summed E-state index contributed by atoms with van der Waals surface area (Å²) in [6.07, 6.45) is 10.4. The van der Waals surface area contributed by atoms with E-state index in [-0.39, 0.29) is 12.4 Å². The summed E-state index contributed by atoms with van der Waals surface area (Å²) in [5.74, 6) is 0. The van der Waals surface area contributed by atoms with Crippen LogP contribution in [0.1, 0.15) is 37.7 Å². The maximum Gasteiger partial charge on any atom is 0.186 e. The zero-order valence-corrected chi connectivity index (χ0v) is 20.3. The molecular formula is C24H29ClN6S. The number of hydrogen-bond acceptors (Lipinski definition) is 6. The van der Waals surface area contributed by atoms with Crippen molar-refractivity contribution in [3.8, 4) is 11.3 Å². The molecule has 5 heterocycles. The van der Waals surface area contributed by atoms with Crippen molar-refractivity contribution in [3.05, 3.63) is 36.2 Å². The monoisotopic (exact) mass is 468 g/mol. The Hall–Kier alpha value is -2.22. The maximum atomic E-state index is 4.94. The number of halogens is 1. The first kappa shape index (κ1) is 21.6. The van der Waals surface area contributed by atoms with Crippen LogP contribution in [0.15, 0.2) is 30.6 Å². The van der Waals surface area contributed by atoms with Crippen LogP contribution in [-0.4, -0.2) is 44.9 Å². The average molecular weight is 469 g/mol. The van der Waals surface area contributed by atoms with Gasteiger partial charge in [-0.05, 0) is 56.4 Å². The van der Waals surface area contributed by atoms with Crippen molar-refractivity contribution in [1.82, 2.24) is 25.1 Å². The van der Waals surface area contributed by atoms with E-state index in [1.807, 2.05) is 17.9 Å². The molecule has 2 atom stereocenters. The van der Waals surface area contributed by atoms with Gasteiger partial charge in [-0.1, -0.05) is 17.8 Å². The van der Waals surface area contributed by atoms with Gasteiger partial charge in [0.15, 0.2) is 5.13 Å². The lowest BCUT2D eigenvalue weighted by molar-refractivity contribution is 0.219. The lowest BCUT2D eigenvalue weighted by atomic mass is 9.83. The molecular weight excluding hydrogens is 440 g/mol. The molecule has 3 aromatic heterocycles. The van der Waals surface area contributed by atoms with Crippen LogP contribution in [0.4, 0.5) is 5.13 Å². The Balaban J connectivity index is 0.00000216. The van der Waals surface area contributed by atoms with E-state index in [2.05, 4.69) is 53.7 Å². The van der Waals surface area contributed by atoms with Gasteiger partial charge in [0, 0.05) is 49.4 Å². The third-order valence-electron chi connectivity index (χ3n) is 7.01. The highest BCUT2D eigenvalue weighted by molar-refractivity contribution is 7.22. The summed E-state index contributed by atoms with van der Waals surface area (Å²) in [4.78, 5) is 12.1. The average Bonchev–Trinajstić information content (AvgIpc) is 3.35. The van der Waals surface area contributed by atoms with Crippen LogP contribution >= 0.6 is 23.7 Å². The fourth-order valence-electron chi connectivity index (χ4n) is 5.41. The minimum absolute atomic E-state index is 0. The number of nitrogens with one attached hydrogen (secondary N) is 1. The number of fused-ring (bicyclic) bond motifs is 4. The molecule has 0 spiro atoms. The van der Waals surface area contributed by atoms with Gasteiger partial charge in [-0.15, -0.1) is 12.4 Å². The van der Waals surface area contributed by atoms with Crippen LogP contribution in [-0.2, 0) is 7.05 Å². The van der Waals surface area contributed by atoms with Gasteiger partial charge in [0.25, 0.3) is 0 Å². The number of aromatic nitrogens is 4. The van der Waals surface area contributed by atoms with Crippen molar-refractivity contribution in [3.63, 3.8) is 0 Å². The van der Waals surface area contributed by atoms with Crippen LogP contribution in [0.2, 0.25) is 0 Å². The van der Waals surface area contributed by atoms with Crippen LogP contribution < -0.4 is 10.2 Å². The van der Waals surface area contributed by atoms with Gasteiger partial charge in [0.1, 0.15) is 5.52 Å². The van der Waals surface area contributed by atoms with E-state index in [0.717, 1.165) is 32.8 Å². The number of benzene rings is 1. The van der Waals surface area contributed by atoms with Crippen LogP contribution in [0.25, 0.3) is 32.4 Å². The second-order valence-corrected chi connectivity index (χ2v) is 10.3. The van der Waals surface area contributed by atoms with E-state index in [0.29, 0.717) is 18.1 Å². The summed E-state index contributed by atoms with van der Waals surface area (Å²) in [6.45, 7) is 2.12. The minimum Gasteiger partial charge on any atom is -0.348 e. The van der Waals surface area contributed by atoms with E-state index >= 15 is 0 Å². The Morgan fingerprint density at radius 1 is 1.16 bits per heavy atom. The Labute approximate surface area is 198 Å². The second kappa shape index (κ2) is 8.28. The highest BCUT2D eigenvalue weighted by atomic mass is 35.5. The molecule has 2 aliphatic heterocycles. The maximum absolute atomic E-state index is 4.94. The third kappa shape index (κ3) is 3.76. The highest BCUT2D eigenvalue weighted by Crippen LogP contribution is 2.35. The van der Waals surface area contributed by atoms with Crippen molar-refractivity contribution in [2.45, 2.75) is 57.2 Å². The summed E-state index contributed by atoms with van der Waals surface area (Å²) < 4.78 is 3.07. The lowest BCUT2D eigenvalue weighted by Crippen LogP contribution is -2.54. The topological polar surface area (TPSA) is 58.9 Å². The molecule has 0 saturated carbocycles. The van der Waals surface area contributed by atoms with Gasteiger partial charge >= 0.3 is 0 Å². The Morgan fingerprint density at radius 2 is 1.94 bits per heavy atom. The zero-order valence-electron chi connectivity index (χ0n) is 18.7. The van der Waals surface area contributed by atoms with Crippen molar-refractivity contribution in [2.75, 3.05) is 11.9 Å². The molecule has 2 aliphatic rings. The number of rotatable bonds is 3. The first-order chi connectivity index (χ1) is 15.0. The standard InChI is InChI=1S/C24H28N6S.ClH/c1-14-7-15(8-16-13-29(2)28-23(14)16)20-11-22-21(12-25-20)27-24(31-22)30(3)19-9-17-5-4-6-18(10-19)26-17;/h7-8,11-13,17-19,26H,4-6,9-10H2,1-3H3;1H. The fraction of sp³-hybridized carbons (Fsp3) is 0.458. The molecule has 2 saturated heterocycles. The molecule has 2 bridgehead atoms. The van der Waals surface area contributed by atoms with Gasteiger partial charge in [0.2, 0.25) is 0 Å². The van der Waals surface area contributed by atoms with Crippen LogP contribution in [0.3, 0.4) is 0 Å². The molecule has 2 unspecified atom stereocenters. The molecule has 2 fully saturated rings. The van der Waals surface area contributed by atoms with E-state index in [9.17, 15) is 0 Å². The quantitative estimate of drug-likeness (QED) is 0.454. The van der Waals surface area contributed by atoms with Gasteiger partial charge in [0.05, 0.1) is 22.1 Å². The van der Waals surface area contributed by atoms with E-state index in [1.54, 1.807) is 11.3 Å². The molecule has 1 aromatic carbocycles. The van der Waals surface area contributed by atoms with Gasteiger partial charge < -0.3 is 10.2 Å². The predicted molar refractivity (Wildman–Crippen MR) is 135 cm³/mol. The van der Waals surface area contributed by atoms with Crippen molar-refractivity contribution < 1.29 is 0 Å². The largest absolute Gasteiger partial charge is 0.348 e. The summed E-state index contributed by atoms with van der Waals surface area (Å²) in [6, 6.07) is 8.48. The number of aryl methyl sites for hydroxylation is 2. The van der Waals surface area contributed by atoms with Gasteiger partial charge in [-0.3, -0.25) is 9.67 Å². The van der Waals surface area contributed by atoms with E-state index < -0.39 is 0 Å². The molecule has 0 amide bonds. The van der Waals surface area contributed by atoms with Crippen molar-refractivity contribution in [2.24, 2.45) is 7.05 Å². The second-order valence-electron chi connectivity index (χ2n) is 9.30. The minimum atomic E-state index is 0. The summed E-state index contributed by atoms with van der Waals surface area (Å²) in [5.41, 5.74) is 5.35. The number of piperidine rings is 2. The van der Waals surface area contributed by atoms with E-state index in [1.165, 1.54) is 42.4 Å². The zero-order chi connectivity index (χ0) is 21.1.